The maximum Gasteiger partial charge on any atom is 0.272 e. The standard InChI is InChI=1S/C13H24N4O/c1-5-6-17(9-13(2,3)8-14)12(18)11-7-15-10-16(11)4/h7,10H,5-6,8-9,14H2,1-4H3. The van der Waals surface area contributed by atoms with Crippen LogP contribution >= 0.6 is 0 Å². The van der Waals surface area contributed by atoms with E-state index in [9.17, 15) is 4.79 Å². The number of carbonyl (C=O) groups is 1. The number of hydrogen-bond donors (Lipinski definition) is 1. The molecule has 0 radical (unpaired) electrons. The molecule has 1 heterocycles. The van der Waals surface area contributed by atoms with E-state index < -0.39 is 0 Å². The van der Waals surface area contributed by atoms with Crippen LogP contribution in [0.25, 0.3) is 0 Å². The van der Waals surface area contributed by atoms with Gasteiger partial charge in [-0.05, 0) is 18.4 Å². The van der Waals surface area contributed by atoms with Crippen molar-refractivity contribution in [3.05, 3.63) is 18.2 Å². The Labute approximate surface area is 109 Å². The predicted molar refractivity (Wildman–Crippen MR) is 72.2 cm³/mol. The van der Waals surface area contributed by atoms with Crippen LogP contribution in [-0.2, 0) is 7.05 Å². The van der Waals surface area contributed by atoms with Gasteiger partial charge >= 0.3 is 0 Å². The van der Waals surface area contributed by atoms with Crippen LogP contribution in [0.1, 0.15) is 37.7 Å². The zero-order valence-electron chi connectivity index (χ0n) is 11.8. The number of nitrogens with two attached hydrogens (primary N) is 1. The minimum Gasteiger partial charge on any atom is -0.337 e. The molecule has 1 rings (SSSR count). The van der Waals surface area contributed by atoms with Crippen molar-refractivity contribution in [2.45, 2.75) is 27.2 Å². The number of hydrogen-bond acceptors (Lipinski definition) is 3. The van der Waals surface area contributed by atoms with Gasteiger partial charge in [-0.2, -0.15) is 0 Å². The Bertz CT molecular complexity index is 397. The first-order valence-corrected chi connectivity index (χ1v) is 6.37. The van der Waals surface area contributed by atoms with Gasteiger partial charge in [0, 0.05) is 20.1 Å². The molecule has 0 bridgehead atoms. The second-order valence-corrected chi connectivity index (χ2v) is 5.48. The molecule has 1 aromatic rings. The summed E-state index contributed by atoms with van der Waals surface area (Å²) in [6.45, 7) is 8.19. The molecular weight excluding hydrogens is 228 g/mol. The number of amides is 1. The van der Waals surface area contributed by atoms with Gasteiger partial charge in [-0.3, -0.25) is 4.79 Å². The fourth-order valence-corrected chi connectivity index (χ4v) is 1.83. The second-order valence-electron chi connectivity index (χ2n) is 5.48. The molecule has 0 aliphatic rings. The summed E-state index contributed by atoms with van der Waals surface area (Å²) in [6, 6.07) is 0. The van der Waals surface area contributed by atoms with Gasteiger partial charge < -0.3 is 15.2 Å². The van der Waals surface area contributed by atoms with E-state index in [1.807, 2.05) is 11.9 Å². The van der Waals surface area contributed by atoms with E-state index in [1.54, 1.807) is 17.1 Å². The third-order valence-corrected chi connectivity index (χ3v) is 2.99. The Balaban J connectivity index is 2.85. The minimum atomic E-state index is -0.0660. The van der Waals surface area contributed by atoms with Crippen LogP contribution in [-0.4, -0.2) is 40.0 Å². The number of aryl methyl sites for hydroxylation is 1. The smallest absolute Gasteiger partial charge is 0.272 e. The van der Waals surface area contributed by atoms with E-state index in [1.165, 1.54) is 0 Å². The molecule has 0 fully saturated rings. The molecule has 0 aliphatic carbocycles. The fraction of sp³-hybridized carbons (Fsp3) is 0.692. The van der Waals surface area contributed by atoms with Gasteiger partial charge in [-0.15, -0.1) is 0 Å². The average Bonchev–Trinajstić information content (AvgIpc) is 2.74. The minimum absolute atomic E-state index is 0.0263. The Morgan fingerprint density at radius 3 is 2.67 bits per heavy atom. The van der Waals surface area contributed by atoms with Crippen molar-refractivity contribution >= 4 is 5.91 Å². The average molecular weight is 252 g/mol. The van der Waals surface area contributed by atoms with Gasteiger partial charge in [-0.25, -0.2) is 4.98 Å². The molecule has 5 nitrogen and oxygen atoms in total. The molecule has 1 amide bonds. The summed E-state index contributed by atoms with van der Waals surface area (Å²) in [5.74, 6) is 0.0263. The SMILES string of the molecule is CCCN(CC(C)(C)CN)C(=O)c1cncn1C. The van der Waals surface area contributed by atoms with Crippen molar-refractivity contribution in [1.29, 1.82) is 0 Å². The summed E-state index contributed by atoms with van der Waals surface area (Å²) in [6.07, 6.45) is 4.19. The fourth-order valence-electron chi connectivity index (χ4n) is 1.83. The summed E-state index contributed by atoms with van der Waals surface area (Å²) in [5, 5.41) is 0. The van der Waals surface area contributed by atoms with Gasteiger partial charge in [0.25, 0.3) is 5.91 Å². The number of aromatic nitrogens is 2. The van der Waals surface area contributed by atoms with Gasteiger partial charge in [0.1, 0.15) is 5.69 Å². The van der Waals surface area contributed by atoms with Crippen LogP contribution in [0.2, 0.25) is 0 Å². The van der Waals surface area contributed by atoms with Crippen molar-refractivity contribution in [3.63, 3.8) is 0 Å². The van der Waals surface area contributed by atoms with Crippen molar-refractivity contribution in [3.8, 4) is 0 Å². The quantitative estimate of drug-likeness (QED) is 0.829. The molecule has 0 saturated heterocycles. The molecule has 2 N–H and O–H groups in total. The molecule has 102 valence electrons. The normalized spacial score (nSPS) is 11.6. The van der Waals surface area contributed by atoms with E-state index in [0.717, 1.165) is 13.0 Å². The lowest BCUT2D eigenvalue weighted by molar-refractivity contribution is 0.0680. The number of imidazole rings is 1. The highest BCUT2D eigenvalue weighted by atomic mass is 16.2. The predicted octanol–water partition coefficient (Wildman–Crippen LogP) is 1.26. The second kappa shape index (κ2) is 6.00. The van der Waals surface area contributed by atoms with Gasteiger partial charge in [0.05, 0.1) is 12.5 Å². The number of carbonyl (C=O) groups excluding carboxylic acids is 1. The molecule has 0 aromatic carbocycles. The summed E-state index contributed by atoms with van der Waals surface area (Å²) in [7, 11) is 1.83. The third-order valence-electron chi connectivity index (χ3n) is 2.99. The molecule has 18 heavy (non-hydrogen) atoms. The highest BCUT2D eigenvalue weighted by molar-refractivity contribution is 5.92. The maximum atomic E-state index is 12.4. The van der Waals surface area contributed by atoms with Crippen molar-refractivity contribution in [2.75, 3.05) is 19.6 Å². The zero-order valence-corrected chi connectivity index (χ0v) is 11.8. The lowest BCUT2D eigenvalue weighted by atomic mass is 9.93. The first kappa shape index (κ1) is 14.7. The van der Waals surface area contributed by atoms with Gasteiger partial charge in [0.15, 0.2) is 0 Å². The Morgan fingerprint density at radius 2 is 2.22 bits per heavy atom. The van der Waals surface area contributed by atoms with Crippen LogP contribution in [0.3, 0.4) is 0 Å². The highest BCUT2D eigenvalue weighted by Gasteiger charge is 2.25. The Morgan fingerprint density at radius 1 is 1.56 bits per heavy atom. The largest absolute Gasteiger partial charge is 0.337 e. The lowest BCUT2D eigenvalue weighted by Gasteiger charge is -2.31. The van der Waals surface area contributed by atoms with Crippen LogP contribution in [0, 0.1) is 5.41 Å². The Hall–Kier alpha value is -1.36. The van der Waals surface area contributed by atoms with Crippen LogP contribution < -0.4 is 5.73 Å². The topological polar surface area (TPSA) is 64.2 Å². The van der Waals surface area contributed by atoms with Crippen molar-refractivity contribution in [1.82, 2.24) is 14.5 Å². The molecular formula is C13H24N4O. The molecule has 5 heteroatoms. The molecule has 0 saturated carbocycles. The van der Waals surface area contributed by atoms with E-state index in [-0.39, 0.29) is 11.3 Å². The van der Waals surface area contributed by atoms with Crippen LogP contribution in [0.4, 0.5) is 0 Å². The van der Waals surface area contributed by atoms with Crippen molar-refractivity contribution < 1.29 is 4.79 Å². The van der Waals surface area contributed by atoms with E-state index in [2.05, 4.69) is 25.8 Å². The first-order chi connectivity index (χ1) is 8.41. The van der Waals surface area contributed by atoms with Crippen LogP contribution in [0.5, 0.6) is 0 Å². The molecule has 0 atom stereocenters. The number of rotatable bonds is 6. The molecule has 0 unspecified atom stereocenters. The van der Waals surface area contributed by atoms with Gasteiger partial charge in [0.2, 0.25) is 0 Å². The summed E-state index contributed by atoms with van der Waals surface area (Å²) in [5.41, 5.74) is 6.30. The van der Waals surface area contributed by atoms with Gasteiger partial charge in [-0.1, -0.05) is 20.8 Å². The first-order valence-electron chi connectivity index (χ1n) is 6.37. The zero-order chi connectivity index (χ0) is 13.8. The highest BCUT2D eigenvalue weighted by Crippen LogP contribution is 2.17. The molecule has 1 aromatic heterocycles. The van der Waals surface area contributed by atoms with Crippen molar-refractivity contribution in [2.24, 2.45) is 18.2 Å². The molecule has 0 aliphatic heterocycles. The van der Waals surface area contributed by atoms with E-state index in [0.29, 0.717) is 18.8 Å². The summed E-state index contributed by atoms with van der Waals surface area (Å²) in [4.78, 5) is 18.3. The van der Waals surface area contributed by atoms with E-state index >= 15 is 0 Å². The summed E-state index contributed by atoms with van der Waals surface area (Å²) >= 11 is 0. The van der Waals surface area contributed by atoms with Crippen LogP contribution in [0.15, 0.2) is 12.5 Å². The Kier molecular flexibility index (Phi) is 4.90. The summed E-state index contributed by atoms with van der Waals surface area (Å²) < 4.78 is 1.75. The molecule has 0 spiro atoms. The monoisotopic (exact) mass is 252 g/mol. The third kappa shape index (κ3) is 3.57. The lowest BCUT2D eigenvalue weighted by Crippen LogP contribution is -2.42. The number of nitrogens with zero attached hydrogens (tertiary/aromatic N) is 3. The van der Waals surface area contributed by atoms with E-state index in [4.69, 9.17) is 5.73 Å². The maximum absolute atomic E-state index is 12.4.